The summed E-state index contributed by atoms with van der Waals surface area (Å²) in [5.41, 5.74) is 4.44. The minimum absolute atomic E-state index is 0.0499. The predicted octanol–water partition coefficient (Wildman–Crippen LogP) is 5.67. The standard InChI is InChI=1S/C27H34N2O/c1-19-6-4-5-7-25(19)26(30)29(18-20-8-10-24(11-9-20)28(2)3)27-15-21-12-22(16-27)14-23(13-21)17-27/h4-11,21-23H,12-18H2,1-3H3. The van der Waals surface area contributed by atoms with E-state index in [1.807, 2.05) is 18.2 Å². The Hall–Kier alpha value is -2.29. The van der Waals surface area contributed by atoms with Gasteiger partial charge in [0, 0.05) is 37.4 Å². The molecule has 4 aliphatic carbocycles. The van der Waals surface area contributed by atoms with Crippen LogP contribution < -0.4 is 4.90 Å². The Labute approximate surface area is 181 Å². The summed E-state index contributed by atoms with van der Waals surface area (Å²) in [5, 5.41) is 0. The van der Waals surface area contributed by atoms with Gasteiger partial charge in [-0.05, 0) is 92.5 Å². The van der Waals surface area contributed by atoms with Gasteiger partial charge in [-0.3, -0.25) is 4.79 Å². The average Bonchev–Trinajstić information content (AvgIpc) is 2.71. The lowest BCUT2D eigenvalue weighted by atomic mass is 9.52. The summed E-state index contributed by atoms with van der Waals surface area (Å²) in [5.74, 6) is 2.69. The van der Waals surface area contributed by atoms with Gasteiger partial charge in [0.05, 0.1) is 0 Å². The van der Waals surface area contributed by atoms with E-state index in [0.717, 1.165) is 28.9 Å². The van der Waals surface area contributed by atoms with Crippen LogP contribution in [0.2, 0.25) is 0 Å². The van der Waals surface area contributed by atoms with Gasteiger partial charge in [0.15, 0.2) is 0 Å². The second kappa shape index (κ2) is 7.44. The van der Waals surface area contributed by atoms with Crippen LogP contribution in [0.15, 0.2) is 48.5 Å². The minimum Gasteiger partial charge on any atom is -0.378 e. The van der Waals surface area contributed by atoms with Gasteiger partial charge < -0.3 is 9.80 Å². The largest absolute Gasteiger partial charge is 0.378 e. The van der Waals surface area contributed by atoms with Crippen molar-refractivity contribution in [3.8, 4) is 0 Å². The van der Waals surface area contributed by atoms with Gasteiger partial charge in [-0.15, -0.1) is 0 Å². The third-order valence-electron chi connectivity index (χ3n) is 7.99. The van der Waals surface area contributed by atoms with E-state index in [1.54, 1.807) is 0 Å². The highest BCUT2D eigenvalue weighted by atomic mass is 16.2. The van der Waals surface area contributed by atoms with Gasteiger partial charge in [0.1, 0.15) is 0 Å². The fourth-order valence-corrected chi connectivity index (χ4v) is 6.89. The molecule has 0 unspecified atom stereocenters. The molecule has 3 nitrogen and oxygen atoms in total. The van der Waals surface area contributed by atoms with Gasteiger partial charge in [-0.25, -0.2) is 0 Å². The zero-order chi connectivity index (χ0) is 20.9. The van der Waals surface area contributed by atoms with Crippen LogP contribution >= 0.6 is 0 Å². The molecular formula is C27H34N2O. The number of amides is 1. The van der Waals surface area contributed by atoms with E-state index < -0.39 is 0 Å². The fraction of sp³-hybridized carbons (Fsp3) is 0.519. The molecule has 2 aromatic rings. The van der Waals surface area contributed by atoms with Crippen LogP contribution in [-0.2, 0) is 6.54 Å². The molecule has 4 fully saturated rings. The Morgan fingerprint density at radius 2 is 1.47 bits per heavy atom. The van der Waals surface area contributed by atoms with Gasteiger partial charge >= 0.3 is 0 Å². The van der Waals surface area contributed by atoms with Crippen molar-refractivity contribution < 1.29 is 4.79 Å². The minimum atomic E-state index is 0.0499. The lowest BCUT2D eigenvalue weighted by Gasteiger charge is -2.60. The first-order valence-corrected chi connectivity index (χ1v) is 11.6. The molecule has 0 heterocycles. The number of hydrogen-bond donors (Lipinski definition) is 0. The maximum absolute atomic E-state index is 14.0. The first-order valence-electron chi connectivity index (χ1n) is 11.6. The highest BCUT2D eigenvalue weighted by molar-refractivity contribution is 5.96. The SMILES string of the molecule is Cc1ccccc1C(=O)N(Cc1ccc(N(C)C)cc1)C12CC3CC(CC(C3)C1)C2. The summed E-state index contributed by atoms with van der Waals surface area (Å²) >= 11 is 0. The molecule has 2 aromatic carbocycles. The van der Waals surface area contributed by atoms with Crippen molar-refractivity contribution in [1.29, 1.82) is 0 Å². The second-order valence-corrected chi connectivity index (χ2v) is 10.4. The molecule has 0 aliphatic heterocycles. The van der Waals surface area contributed by atoms with Gasteiger partial charge in [-0.1, -0.05) is 30.3 Å². The summed E-state index contributed by atoms with van der Waals surface area (Å²) < 4.78 is 0. The monoisotopic (exact) mass is 402 g/mol. The molecule has 30 heavy (non-hydrogen) atoms. The fourth-order valence-electron chi connectivity index (χ4n) is 6.89. The number of hydrogen-bond acceptors (Lipinski definition) is 2. The molecule has 158 valence electrons. The molecule has 0 N–H and O–H groups in total. The molecule has 1 amide bonds. The average molecular weight is 403 g/mol. The molecule has 4 aliphatic rings. The first kappa shape index (κ1) is 19.7. The van der Waals surface area contributed by atoms with Gasteiger partial charge in [0.2, 0.25) is 0 Å². The van der Waals surface area contributed by atoms with E-state index >= 15 is 0 Å². The summed E-state index contributed by atoms with van der Waals surface area (Å²) in [4.78, 5) is 18.4. The quantitative estimate of drug-likeness (QED) is 0.643. The van der Waals surface area contributed by atoms with Gasteiger partial charge in [0.25, 0.3) is 5.91 Å². The van der Waals surface area contributed by atoms with Crippen molar-refractivity contribution in [2.45, 2.75) is 57.5 Å². The van der Waals surface area contributed by atoms with Crippen LogP contribution in [0.5, 0.6) is 0 Å². The van der Waals surface area contributed by atoms with E-state index in [4.69, 9.17) is 0 Å². The number of nitrogens with zero attached hydrogens (tertiary/aromatic N) is 2. The molecule has 4 saturated carbocycles. The van der Waals surface area contributed by atoms with Crippen molar-refractivity contribution in [3.05, 3.63) is 65.2 Å². The Balaban J connectivity index is 1.51. The number of benzene rings is 2. The molecule has 0 atom stereocenters. The second-order valence-electron chi connectivity index (χ2n) is 10.4. The van der Waals surface area contributed by atoms with E-state index in [9.17, 15) is 4.79 Å². The Morgan fingerprint density at radius 1 is 0.900 bits per heavy atom. The molecule has 0 saturated heterocycles. The van der Waals surface area contributed by atoms with Crippen LogP contribution in [0.25, 0.3) is 0 Å². The van der Waals surface area contributed by atoms with Crippen molar-refractivity contribution in [2.24, 2.45) is 17.8 Å². The zero-order valence-electron chi connectivity index (χ0n) is 18.6. The van der Waals surface area contributed by atoms with E-state index in [2.05, 4.69) is 61.2 Å². The van der Waals surface area contributed by atoms with E-state index in [1.165, 1.54) is 49.8 Å². The van der Waals surface area contributed by atoms with Crippen molar-refractivity contribution in [2.75, 3.05) is 19.0 Å². The number of carbonyl (C=O) groups excluding carboxylic acids is 1. The zero-order valence-corrected chi connectivity index (χ0v) is 18.6. The molecule has 3 heteroatoms. The highest BCUT2D eigenvalue weighted by Crippen LogP contribution is 2.58. The number of carbonyl (C=O) groups is 1. The Kier molecular flexibility index (Phi) is 4.88. The topological polar surface area (TPSA) is 23.6 Å². The summed E-state index contributed by atoms with van der Waals surface area (Å²) in [7, 11) is 4.14. The van der Waals surface area contributed by atoms with Crippen molar-refractivity contribution in [3.63, 3.8) is 0 Å². The molecule has 0 radical (unpaired) electrons. The number of anilines is 1. The van der Waals surface area contributed by atoms with E-state index in [0.29, 0.717) is 6.54 Å². The van der Waals surface area contributed by atoms with Crippen LogP contribution in [0.1, 0.15) is 60.0 Å². The maximum atomic E-state index is 14.0. The molecule has 6 rings (SSSR count). The third kappa shape index (κ3) is 3.42. The molecule has 0 spiro atoms. The number of aryl methyl sites for hydroxylation is 1. The maximum Gasteiger partial charge on any atom is 0.254 e. The first-order chi connectivity index (χ1) is 14.4. The lowest BCUT2D eigenvalue weighted by Crippen LogP contribution is -2.61. The third-order valence-corrected chi connectivity index (χ3v) is 7.99. The predicted molar refractivity (Wildman–Crippen MR) is 123 cm³/mol. The summed E-state index contributed by atoms with van der Waals surface area (Å²) in [6.45, 7) is 2.78. The normalized spacial score (nSPS) is 29.1. The lowest BCUT2D eigenvalue weighted by molar-refractivity contribution is -0.0775. The van der Waals surface area contributed by atoms with Crippen LogP contribution in [0.3, 0.4) is 0 Å². The smallest absolute Gasteiger partial charge is 0.254 e. The Bertz CT molecular complexity index is 895. The molecule has 4 bridgehead atoms. The van der Waals surface area contributed by atoms with Crippen molar-refractivity contribution in [1.82, 2.24) is 4.90 Å². The highest BCUT2D eigenvalue weighted by Gasteiger charge is 2.54. The van der Waals surface area contributed by atoms with Crippen LogP contribution in [0, 0.1) is 24.7 Å². The van der Waals surface area contributed by atoms with Crippen LogP contribution in [0.4, 0.5) is 5.69 Å². The molecule has 0 aromatic heterocycles. The number of rotatable bonds is 5. The van der Waals surface area contributed by atoms with Crippen LogP contribution in [-0.4, -0.2) is 30.4 Å². The molecular weight excluding hydrogens is 368 g/mol. The van der Waals surface area contributed by atoms with Gasteiger partial charge in [-0.2, -0.15) is 0 Å². The summed E-state index contributed by atoms with van der Waals surface area (Å²) in [6.07, 6.45) is 7.78. The Morgan fingerprint density at radius 3 is 2.00 bits per heavy atom. The van der Waals surface area contributed by atoms with E-state index in [-0.39, 0.29) is 11.4 Å². The summed E-state index contributed by atoms with van der Waals surface area (Å²) in [6, 6.07) is 16.9. The van der Waals surface area contributed by atoms with Crippen molar-refractivity contribution >= 4 is 11.6 Å².